The number of carbonyl (C=O) groups excluding carboxylic acids is 1. The van der Waals surface area contributed by atoms with Gasteiger partial charge in [0.2, 0.25) is 0 Å². The molecule has 1 unspecified atom stereocenters. The van der Waals surface area contributed by atoms with Gasteiger partial charge in [0.05, 0.1) is 34.0 Å². The molecule has 0 N–H and O–H groups in total. The number of benzene rings is 1. The molecule has 1 amide bonds. The molecule has 0 radical (unpaired) electrons. The summed E-state index contributed by atoms with van der Waals surface area (Å²) in [4.78, 5) is 14.4. The zero-order valence-electron chi connectivity index (χ0n) is 13.7. The van der Waals surface area contributed by atoms with Gasteiger partial charge in [0, 0.05) is 13.1 Å². The molecular weight excluding hydrogens is 298 g/mol. The first-order valence-corrected chi connectivity index (χ1v) is 7.95. The Morgan fingerprint density at radius 1 is 1.09 bits per heavy atom. The van der Waals surface area contributed by atoms with Gasteiger partial charge in [-0.3, -0.25) is 4.79 Å². The predicted molar refractivity (Wildman–Crippen MR) is 84.1 cm³/mol. The van der Waals surface area contributed by atoms with Crippen molar-refractivity contribution < 1.29 is 23.7 Å². The number of rotatable bonds is 3. The van der Waals surface area contributed by atoms with E-state index in [1.54, 1.807) is 14.2 Å². The summed E-state index contributed by atoms with van der Waals surface area (Å²) in [6, 6.07) is 4.03. The second-order valence-corrected chi connectivity index (χ2v) is 5.74. The molecule has 0 saturated carbocycles. The van der Waals surface area contributed by atoms with E-state index in [4.69, 9.17) is 18.9 Å². The van der Waals surface area contributed by atoms with Gasteiger partial charge >= 0.3 is 0 Å². The second-order valence-electron chi connectivity index (χ2n) is 5.74. The van der Waals surface area contributed by atoms with Crippen LogP contribution in [0.1, 0.15) is 11.1 Å². The lowest BCUT2D eigenvalue weighted by Crippen LogP contribution is -2.46. The molecule has 6 nitrogen and oxygen atoms in total. The highest BCUT2D eigenvalue weighted by Gasteiger charge is 2.29. The first-order valence-electron chi connectivity index (χ1n) is 7.95. The normalized spacial score (nSPS) is 21.3. The summed E-state index contributed by atoms with van der Waals surface area (Å²) in [7, 11) is 3.27. The average Bonchev–Trinajstić information content (AvgIpc) is 2.82. The lowest BCUT2D eigenvalue weighted by molar-refractivity contribution is -0.157. The van der Waals surface area contributed by atoms with Crippen molar-refractivity contribution in [2.24, 2.45) is 0 Å². The molecule has 1 aromatic rings. The van der Waals surface area contributed by atoms with E-state index in [1.807, 2.05) is 17.0 Å². The maximum atomic E-state index is 12.6. The Labute approximate surface area is 136 Å². The number of nitrogens with zero attached hydrogens (tertiary/aromatic N) is 1. The molecule has 2 heterocycles. The molecule has 1 atom stereocenters. The lowest BCUT2D eigenvalue weighted by Gasteiger charge is -2.28. The molecule has 0 aromatic heterocycles. The minimum atomic E-state index is -0.464. The summed E-state index contributed by atoms with van der Waals surface area (Å²) in [5, 5.41) is 0. The maximum Gasteiger partial charge on any atom is 0.254 e. The van der Waals surface area contributed by atoms with Crippen LogP contribution in [0.15, 0.2) is 12.1 Å². The number of methoxy groups -OCH3 is 2. The summed E-state index contributed by atoms with van der Waals surface area (Å²) in [5.74, 6) is 1.49. The fourth-order valence-electron chi connectivity index (χ4n) is 3.11. The van der Waals surface area contributed by atoms with Gasteiger partial charge in [-0.2, -0.15) is 0 Å². The Bertz CT molecular complexity index is 533. The number of carbonyl (C=O) groups is 1. The van der Waals surface area contributed by atoms with Crippen molar-refractivity contribution in [3.05, 3.63) is 23.3 Å². The van der Waals surface area contributed by atoms with Gasteiger partial charge in [0.15, 0.2) is 17.6 Å². The molecule has 2 aliphatic rings. The molecule has 3 rings (SSSR count). The molecule has 1 fully saturated rings. The fraction of sp³-hybridized carbons (Fsp3) is 0.588. The smallest absolute Gasteiger partial charge is 0.254 e. The van der Waals surface area contributed by atoms with Crippen LogP contribution < -0.4 is 9.47 Å². The van der Waals surface area contributed by atoms with Gasteiger partial charge < -0.3 is 23.8 Å². The van der Waals surface area contributed by atoms with Crippen LogP contribution in [0.2, 0.25) is 0 Å². The van der Waals surface area contributed by atoms with Gasteiger partial charge in [0.25, 0.3) is 5.91 Å². The Morgan fingerprint density at radius 3 is 2.17 bits per heavy atom. The summed E-state index contributed by atoms with van der Waals surface area (Å²) in [6.07, 6.45) is 1.14. The van der Waals surface area contributed by atoms with Crippen molar-refractivity contribution in [2.75, 3.05) is 47.1 Å². The third-order valence-electron chi connectivity index (χ3n) is 4.41. The number of fused-ring (bicyclic) bond motifs is 1. The molecule has 1 saturated heterocycles. The number of ether oxygens (including phenoxy) is 4. The SMILES string of the molecule is COc1cc2c(cc1OC)CCN(C(=O)C1COCCO1)CC2. The minimum absolute atomic E-state index is 0.0245. The van der Waals surface area contributed by atoms with Crippen molar-refractivity contribution in [3.63, 3.8) is 0 Å². The highest BCUT2D eigenvalue weighted by atomic mass is 16.6. The molecule has 0 aliphatic carbocycles. The highest BCUT2D eigenvalue weighted by molar-refractivity contribution is 5.81. The third-order valence-corrected chi connectivity index (χ3v) is 4.41. The fourth-order valence-corrected chi connectivity index (χ4v) is 3.11. The van der Waals surface area contributed by atoms with E-state index >= 15 is 0 Å². The van der Waals surface area contributed by atoms with Crippen LogP contribution in [0.25, 0.3) is 0 Å². The van der Waals surface area contributed by atoms with Crippen LogP contribution in [0, 0.1) is 0 Å². The van der Waals surface area contributed by atoms with Crippen LogP contribution in [0.3, 0.4) is 0 Å². The molecule has 6 heteroatoms. The van der Waals surface area contributed by atoms with E-state index in [0.717, 1.165) is 24.3 Å². The molecular formula is C17H23NO5. The topological polar surface area (TPSA) is 57.2 Å². The highest BCUT2D eigenvalue weighted by Crippen LogP contribution is 2.32. The Hall–Kier alpha value is -1.79. The number of hydrogen-bond donors (Lipinski definition) is 0. The van der Waals surface area contributed by atoms with E-state index < -0.39 is 6.10 Å². The number of hydrogen-bond acceptors (Lipinski definition) is 5. The van der Waals surface area contributed by atoms with E-state index in [0.29, 0.717) is 32.9 Å². The lowest BCUT2D eigenvalue weighted by atomic mass is 10.0. The molecule has 1 aromatic carbocycles. The summed E-state index contributed by atoms with van der Waals surface area (Å²) in [6.45, 7) is 2.76. The standard InChI is InChI=1S/C17H23NO5/c1-20-14-9-12-3-5-18(6-4-13(12)10-15(14)21-2)17(19)16-11-22-7-8-23-16/h9-10,16H,3-8,11H2,1-2H3. The van der Waals surface area contributed by atoms with Crippen molar-refractivity contribution in [2.45, 2.75) is 18.9 Å². The van der Waals surface area contributed by atoms with Crippen molar-refractivity contribution in [3.8, 4) is 11.5 Å². The summed E-state index contributed by atoms with van der Waals surface area (Å²) >= 11 is 0. The Morgan fingerprint density at radius 2 is 1.70 bits per heavy atom. The van der Waals surface area contributed by atoms with E-state index in [-0.39, 0.29) is 5.91 Å². The molecule has 23 heavy (non-hydrogen) atoms. The zero-order valence-corrected chi connectivity index (χ0v) is 13.7. The van der Waals surface area contributed by atoms with Gasteiger partial charge in [-0.05, 0) is 36.1 Å². The van der Waals surface area contributed by atoms with Crippen LogP contribution in [-0.4, -0.2) is 64.0 Å². The Kier molecular flexibility index (Phi) is 5.03. The van der Waals surface area contributed by atoms with Crippen LogP contribution in [0.5, 0.6) is 11.5 Å². The van der Waals surface area contributed by atoms with Crippen LogP contribution in [-0.2, 0) is 27.1 Å². The molecule has 126 valence electrons. The van der Waals surface area contributed by atoms with Crippen molar-refractivity contribution in [1.82, 2.24) is 4.90 Å². The molecule has 2 aliphatic heterocycles. The monoisotopic (exact) mass is 321 g/mol. The second kappa shape index (κ2) is 7.19. The average molecular weight is 321 g/mol. The van der Waals surface area contributed by atoms with Crippen molar-refractivity contribution in [1.29, 1.82) is 0 Å². The van der Waals surface area contributed by atoms with E-state index in [2.05, 4.69) is 0 Å². The minimum Gasteiger partial charge on any atom is -0.493 e. The number of amides is 1. The van der Waals surface area contributed by atoms with Gasteiger partial charge in [-0.1, -0.05) is 0 Å². The van der Waals surface area contributed by atoms with Gasteiger partial charge in [-0.15, -0.1) is 0 Å². The zero-order chi connectivity index (χ0) is 16.2. The summed E-state index contributed by atoms with van der Waals surface area (Å²) in [5.41, 5.74) is 2.41. The maximum absolute atomic E-state index is 12.6. The summed E-state index contributed by atoms with van der Waals surface area (Å²) < 4.78 is 21.6. The van der Waals surface area contributed by atoms with Gasteiger partial charge in [0.1, 0.15) is 0 Å². The molecule has 0 spiro atoms. The first kappa shape index (κ1) is 16.1. The van der Waals surface area contributed by atoms with Gasteiger partial charge in [-0.25, -0.2) is 0 Å². The first-order chi connectivity index (χ1) is 11.2. The largest absolute Gasteiger partial charge is 0.493 e. The van der Waals surface area contributed by atoms with E-state index in [9.17, 15) is 4.79 Å². The quantitative estimate of drug-likeness (QED) is 0.833. The van der Waals surface area contributed by atoms with Crippen LogP contribution >= 0.6 is 0 Å². The van der Waals surface area contributed by atoms with E-state index in [1.165, 1.54) is 11.1 Å². The molecule has 0 bridgehead atoms. The predicted octanol–water partition coefficient (Wildman–Crippen LogP) is 1.05. The Balaban J connectivity index is 1.73. The third kappa shape index (κ3) is 3.43. The van der Waals surface area contributed by atoms with Crippen molar-refractivity contribution >= 4 is 5.91 Å². The van der Waals surface area contributed by atoms with Crippen LogP contribution in [0.4, 0.5) is 0 Å².